The summed E-state index contributed by atoms with van der Waals surface area (Å²) in [5, 5.41) is 0. The van der Waals surface area contributed by atoms with E-state index in [1.807, 2.05) is 0 Å². The monoisotopic (exact) mass is 256 g/mol. The van der Waals surface area contributed by atoms with E-state index in [1.165, 1.54) is 4.31 Å². The summed E-state index contributed by atoms with van der Waals surface area (Å²) in [6.45, 7) is 0.332. The van der Waals surface area contributed by atoms with Crippen molar-refractivity contribution in [1.82, 2.24) is 9.03 Å². The van der Waals surface area contributed by atoms with Crippen LogP contribution in [0, 0.1) is 0 Å². The molecule has 0 aliphatic heterocycles. The van der Waals surface area contributed by atoms with Crippen LogP contribution in [0.3, 0.4) is 0 Å². The van der Waals surface area contributed by atoms with Crippen LogP contribution in [-0.4, -0.2) is 52.8 Å². The maximum atomic E-state index is 11.3. The summed E-state index contributed by atoms with van der Waals surface area (Å²) in [5.74, 6) is 0. The molecule has 1 aliphatic rings. The summed E-state index contributed by atoms with van der Waals surface area (Å²) in [6.07, 6.45) is 3.93. The highest BCUT2D eigenvalue weighted by Crippen LogP contribution is 2.28. The molecule has 1 saturated carbocycles. The smallest absolute Gasteiger partial charge is 0.211 e. The van der Waals surface area contributed by atoms with Gasteiger partial charge in [-0.3, -0.25) is 0 Å². The summed E-state index contributed by atoms with van der Waals surface area (Å²) >= 11 is 0. The van der Waals surface area contributed by atoms with Gasteiger partial charge in [-0.1, -0.05) is 0 Å². The van der Waals surface area contributed by atoms with Gasteiger partial charge in [0, 0.05) is 19.1 Å². The van der Waals surface area contributed by atoms with Crippen molar-refractivity contribution in [1.29, 1.82) is 0 Å². The fourth-order valence-corrected chi connectivity index (χ4v) is 2.96. The molecule has 0 unspecified atom stereocenters. The van der Waals surface area contributed by atoms with Gasteiger partial charge in [-0.2, -0.15) is 4.31 Å². The Kier molecular flexibility index (Phi) is 3.75. The summed E-state index contributed by atoms with van der Waals surface area (Å²) in [7, 11) is -6.46. The Bertz CT molecular complexity index is 410. The quantitative estimate of drug-likeness (QED) is 0.658. The molecule has 0 spiro atoms. The van der Waals surface area contributed by atoms with Crippen LogP contribution in [0.15, 0.2) is 0 Å². The third-order valence-electron chi connectivity index (χ3n) is 2.08. The average molecular weight is 256 g/mol. The van der Waals surface area contributed by atoms with Gasteiger partial charge in [0.05, 0.1) is 12.5 Å². The second-order valence-electron chi connectivity index (χ2n) is 3.77. The Hall–Kier alpha value is -0.180. The van der Waals surface area contributed by atoms with Crippen LogP contribution >= 0.6 is 0 Å². The molecule has 1 N–H and O–H groups in total. The van der Waals surface area contributed by atoms with Gasteiger partial charge in [-0.25, -0.2) is 21.6 Å². The number of hydrogen-bond acceptors (Lipinski definition) is 4. The number of nitrogens with zero attached hydrogens (tertiary/aromatic N) is 1. The minimum atomic E-state index is -3.24. The van der Waals surface area contributed by atoms with Crippen LogP contribution < -0.4 is 4.72 Å². The Labute approximate surface area is 90.8 Å². The predicted molar refractivity (Wildman–Crippen MR) is 57.4 cm³/mol. The van der Waals surface area contributed by atoms with Gasteiger partial charge in [0.15, 0.2) is 0 Å². The Morgan fingerprint density at radius 2 is 1.73 bits per heavy atom. The van der Waals surface area contributed by atoms with Crippen molar-refractivity contribution in [3.8, 4) is 0 Å². The van der Waals surface area contributed by atoms with Crippen molar-refractivity contribution < 1.29 is 16.8 Å². The van der Waals surface area contributed by atoms with E-state index in [4.69, 9.17) is 0 Å². The van der Waals surface area contributed by atoms with Crippen LogP contribution in [0.4, 0.5) is 0 Å². The highest BCUT2D eigenvalue weighted by Gasteiger charge is 2.34. The Morgan fingerprint density at radius 1 is 1.20 bits per heavy atom. The maximum Gasteiger partial charge on any atom is 0.211 e. The lowest BCUT2D eigenvalue weighted by Gasteiger charge is -2.18. The van der Waals surface area contributed by atoms with Crippen molar-refractivity contribution in [2.45, 2.75) is 18.9 Å². The number of rotatable bonds is 6. The first-order valence-corrected chi connectivity index (χ1v) is 8.35. The minimum Gasteiger partial charge on any atom is -0.214 e. The minimum absolute atomic E-state index is 0.0707. The second kappa shape index (κ2) is 4.36. The summed E-state index contributed by atoms with van der Waals surface area (Å²) in [6, 6.07) is 0.0707. The standard InChI is InChI=1S/C7H16N2O4S2/c1-14(10,11)8-5-6-9(7-3-4-7)15(2,12)13/h7-8H,3-6H2,1-2H3. The Balaban J connectivity index is 2.47. The van der Waals surface area contributed by atoms with E-state index in [0.717, 1.165) is 25.4 Å². The van der Waals surface area contributed by atoms with Gasteiger partial charge in [-0.05, 0) is 12.8 Å². The topological polar surface area (TPSA) is 83.6 Å². The largest absolute Gasteiger partial charge is 0.214 e. The van der Waals surface area contributed by atoms with E-state index in [0.29, 0.717) is 0 Å². The lowest BCUT2D eigenvalue weighted by atomic mass is 10.6. The average Bonchev–Trinajstić information content (AvgIpc) is 2.75. The normalized spacial score (nSPS) is 18.3. The highest BCUT2D eigenvalue weighted by molar-refractivity contribution is 7.88. The number of nitrogens with one attached hydrogen (secondary N) is 1. The predicted octanol–water partition coefficient (Wildman–Crippen LogP) is -1.04. The first kappa shape index (κ1) is 12.9. The zero-order valence-corrected chi connectivity index (χ0v) is 10.4. The molecule has 0 amide bonds. The molecule has 15 heavy (non-hydrogen) atoms. The van der Waals surface area contributed by atoms with Crippen LogP contribution in [0.5, 0.6) is 0 Å². The molecule has 1 fully saturated rings. The molecule has 6 nitrogen and oxygen atoms in total. The fraction of sp³-hybridized carbons (Fsp3) is 1.00. The molecule has 1 aliphatic carbocycles. The number of hydrogen-bond donors (Lipinski definition) is 1. The molecule has 1 rings (SSSR count). The molecule has 8 heteroatoms. The summed E-state index contributed by atoms with van der Waals surface area (Å²) in [5.41, 5.74) is 0. The molecule has 0 heterocycles. The SMILES string of the molecule is CS(=O)(=O)NCCN(C1CC1)S(C)(=O)=O. The van der Waals surface area contributed by atoms with E-state index < -0.39 is 20.0 Å². The molecule has 0 atom stereocenters. The molecule has 0 bridgehead atoms. The van der Waals surface area contributed by atoms with E-state index in [9.17, 15) is 16.8 Å². The van der Waals surface area contributed by atoms with Crippen LogP contribution in [0.1, 0.15) is 12.8 Å². The van der Waals surface area contributed by atoms with E-state index in [2.05, 4.69) is 4.72 Å². The van der Waals surface area contributed by atoms with Crippen LogP contribution in [0.2, 0.25) is 0 Å². The molecule has 0 radical (unpaired) electrons. The number of sulfonamides is 2. The first-order chi connectivity index (χ1) is 6.70. The second-order valence-corrected chi connectivity index (χ2v) is 7.54. The van der Waals surface area contributed by atoms with E-state index in [-0.39, 0.29) is 19.1 Å². The van der Waals surface area contributed by atoms with Gasteiger partial charge in [0.2, 0.25) is 20.0 Å². The van der Waals surface area contributed by atoms with E-state index in [1.54, 1.807) is 0 Å². The van der Waals surface area contributed by atoms with E-state index >= 15 is 0 Å². The third-order valence-corrected chi connectivity index (χ3v) is 4.14. The van der Waals surface area contributed by atoms with Gasteiger partial charge in [0.25, 0.3) is 0 Å². The summed E-state index contributed by atoms with van der Waals surface area (Å²) < 4.78 is 47.8. The first-order valence-electron chi connectivity index (χ1n) is 4.61. The van der Waals surface area contributed by atoms with Crippen LogP contribution in [0.25, 0.3) is 0 Å². The fourth-order valence-electron chi connectivity index (χ4n) is 1.32. The molecular weight excluding hydrogens is 240 g/mol. The van der Waals surface area contributed by atoms with Gasteiger partial charge in [0.1, 0.15) is 0 Å². The highest BCUT2D eigenvalue weighted by atomic mass is 32.2. The molecule has 90 valence electrons. The van der Waals surface area contributed by atoms with Crippen molar-refractivity contribution in [3.63, 3.8) is 0 Å². The van der Waals surface area contributed by atoms with Gasteiger partial charge >= 0.3 is 0 Å². The molecular formula is C7H16N2O4S2. The zero-order valence-electron chi connectivity index (χ0n) is 8.80. The summed E-state index contributed by atoms with van der Waals surface area (Å²) in [4.78, 5) is 0. The van der Waals surface area contributed by atoms with Crippen molar-refractivity contribution in [2.75, 3.05) is 25.6 Å². The van der Waals surface area contributed by atoms with Crippen LogP contribution in [-0.2, 0) is 20.0 Å². The lowest BCUT2D eigenvalue weighted by molar-refractivity contribution is 0.410. The van der Waals surface area contributed by atoms with Crippen molar-refractivity contribution in [3.05, 3.63) is 0 Å². The van der Waals surface area contributed by atoms with Crippen molar-refractivity contribution in [2.24, 2.45) is 0 Å². The van der Waals surface area contributed by atoms with Gasteiger partial charge in [-0.15, -0.1) is 0 Å². The van der Waals surface area contributed by atoms with Crippen molar-refractivity contribution >= 4 is 20.0 Å². The molecule has 0 aromatic rings. The Morgan fingerprint density at radius 3 is 2.07 bits per heavy atom. The molecule has 0 aromatic carbocycles. The molecule has 0 aromatic heterocycles. The molecule has 0 saturated heterocycles. The van der Waals surface area contributed by atoms with Gasteiger partial charge < -0.3 is 0 Å². The zero-order chi connectivity index (χ0) is 11.7. The maximum absolute atomic E-state index is 11.3. The lowest BCUT2D eigenvalue weighted by Crippen LogP contribution is -2.39. The third kappa shape index (κ3) is 4.92.